The minimum atomic E-state index is -3.16. The van der Waals surface area contributed by atoms with Crippen LogP contribution in [0.3, 0.4) is 0 Å². The van der Waals surface area contributed by atoms with E-state index in [4.69, 9.17) is 0 Å². The third-order valence-electron chi connectivity index (χ3n) is 0.671. The van der Waals surface area contributed by atoms with Crippen molar-refractivity contribution >= 4 is 45.6 Å². The molecule has 0 rings (SSSR count). The van der Waals surface area contributed by atoms with Crippen molar-refractivity contribution in [2.75, 3.05) is 21.3 Å². The molecule has 0 aliphatic rings. The summed E-state index contributed by atoms with van der Waals surface area (Å²) in [5.74, 6) is 0. The molecule has 0 aliphatic carbocycles. The van der Waals surface area contributed by atoms with Crippen molar-refractivity contribution in [1.29, 1.82) is 0 Å². The van der Waals surface area contributed by atoms with E-state index in [0.717, 1.165) is 0 Å². The van der Waals surface area contributed by atoms with Crippen molar-refractivity contribution in [1.82, 2.24) is 0 Å². The average Bonchev–Trinajstić information content (AvgIpc) is 1.87. The average molecular weight is 182 g/mol. The van der Waals surface area contributed by atoms with Crippen molar-refractivity contribution in [3.63, 3.8) is 0 Å². The molecule has 0 heterocycles. The zero-order chi connectivity index (χ0) is 6.62. The minimum Gasteiger partial charge on any atom is -1.00 e. The predicted octanol–water partition coefficient (Wildman–Crippen LogP) is 0.878. The molecule has 0 atom stereocenters. The summed E-state index contributed by atoms with van der Waals surface area (Å²) in [6.45, 7) is 0. The maximum atomic E-state index is 10.7. The standard InChI is InChI=1S/C3H9O4P.Ca.2H/c1-5-8(4,6-2)7-3;;;/h1-3H3;;;/q;+2;2*-1. The summed E-state index contributed by atoms with van der Waals surface area (Å²) in [7, 11) is 0.611. The van der Waals surface area contributed by atoms with Crippen molar-refractivity contribution < 1.29 is 21.0 Å². The van der Waals surface area contributed by atoms with E-state index in [1.54, 1.807) is 0 Å². The molecule has 0 spiro atoms. The van der Waals surface area contributed by atoms with Gasteiger partial charge in [-0.3, -0.25) is 13.6 Å². The molecule has 0 unspecified atom stereocenters. The molecular weight excluding hydrogens is 171 g/mol. The molecule has 9 heavy (non-hydrogen) atoms. The Bertz CT molecular complexity index is 94.5. The van der Waals surface area contributed by atoms with Gasteiger partial charge in [0.1, 0.15) is 0 Å². The maximum Gasteiger partial charge on any atom is 2.00 e. The summed E-state index contributed by atoms with van der Waals surface area (Å²) in [6, 6.07) is 0. The third kappa shape index (κ3) is 4.73. The fourth-order valence-corrected chi connectivity index (χ4v) is 0.671. The van der Waals surface area contributed by atoms with Crippen molar-refractivity contribution in [3.8, 4) is 0 Å². The molecule has 0 aromatic heterocycles. The molecule has 0 bridgehead atoms. The van der Waals surface area contributed by atoms with Gasteiger partial charge in [-0.2, -0.15) is 0 Å². The van der Waals surface area contributed by atoms with Gasteiger partial charge in [0.15, 0.2) is 0 Å². The van der Waals surface area contributed by atoms with E-state index in [0.29, 0.717) is 0 Å². The van der Waals surface area contributed by atoms with E-state index in [9.17, 15) is 4.57 Å². The molecule has 0 aromatic rings. The molecule has 4 nitrogen and oxygen atoms in total. The van der Waals surface area contributed by atoms with Crippen LogP contribution in [-0.4, -0.2) is 59.1 Å². The fraction of sp³-hybridized carbons (Fsp3) is 1.00. The molecule has 0 saturated carbocycles. The Hall–Kier alpha value is 1.37. The van der Waals surface area contributed by atoms with Gasteiger partial charge in [-0.1, -0.05) is 0 Å². The van der Waals surface area contributed by atoms with Crippen LogP contribution in [0, 0.1) is 0 Å². The molecule has 0 amide bonds. The Morgan fingerprint density at radius 2 is 1.33 bits per heavy atom. The van der Waals surface area contributed by atoms with Gasteiger partial charge in [-0.15, -0.1) is 0 Å². The van der Waals surface area contributed by atoms with Crippen molar-refractivity contribution in [3.05, 3.63) is 0 Å². The van der Waals surface area contributed by atoms with E-state index in [-0.39, 0.29) is 40.6 Å². The van der Waals surface area contributed by atoms with Crippen LogP contribution in [0.5, 0.6) is 0 Å². The zero-order valence-electron chi connectivity index (χ0n) is 7.79. The van der Waals surface area contributed by atoms with E-state index in [1.165, 1.54) is 21.3 Å². The maximum absolute atomic E-state index is 10.7. The molecular formula is C3H11CaO4P. The van der Waals surface area contributed by atoms with E-state index >= 15 is 0 Å². The summed E-state index contributed by atoms with van der Waals surface area (Å²) >= 11 is 0. The van der Waals surface area contributed by atoms with Crippen LogP contribution in [0.1, 0.15) is 2.85 Å². The van der Waals surface area contributed by atoms with Gasteiger partial charge in [0.25, 0.3) is 0 Å². The fourth-order valence-electron chi connectivity index (χ4n) is 0.224. The number of phosphoric acid groups is 1. The van der Waals surface area contributed by atoms with Crippen LogP contribution < -0.4 is 0 Å². The molecule has 0 radical (unpaired) electrons. The molecule has 0 aromatic carbocycles. The second kappa shape index (κ2) is 6.10. The van der Waals surface area contributed by atoms with Crippen LogP contribution in [0.2, 0.25) is 0 Å². The van der Waals surface area contributed by atoms with Gasteiger partial charge in [0.05, 0.1) is 0 Å². The first-order valence-electron chi connectivity index (χ1n) is 1.96. The summed E-state index contributed by atoms with van der Waals surface area (Å²) < 4.78 is 23.7. The van der Waals surface area contributed by atoms with Gasteiger partial charge in [0, 0.05) is 21.3 Å². The van der Waals surface area contributed by atoms with E-state index in [1.807, 2.05) is 0 Å². The van der Waals surface area contributed by atoms with Gasteiger partial charge >= 0.3 is 45.6 Å². The number of phosphoric ester groups is 1. The smallest absolute Gasteiger partial charge is 1.00 e. The summed E-state index contributed by atoms with van der Waals surface area (Å²) in [6.07, 6.45) is 0. The largest absolute Gasteiger partial charge is 2.00 e. The Kier molecular flexibility index (Phi) is 8.81. The van der Waals surface area contributed by atoms with E-state index < -0.39 is 7.82 Å². The second-order valence-electron chi connectivity index (χ2n) is 0.995. The van der Waals surface area contributed by atoms with Gasteiger partial charge in [-0.05, 0) is 0 Å². The SMILES string of the molecule is COP(=O)(OC)OC.[Ca+2].[H-].[H-]. The Labute approximate surface area is 87.4 Å². The number of rotatable bonds is 3. The minimum absolute atomic E-state index is 0. The second-order valence-corrected chi connectivity index (χ2v) is 2.98. The number of hydrogen-bond acceptors (Lipinski definition) is 4. The first-order valence-corrected chi connectivity index (χ1v) is 3.42. The Morgan fingerprint density at radius 1 is 1.11 bits per heavy atom. The quantitative estimate of drug-likeness (QED) is 0.480. The topological polar surface area (TPSA) is 44.8 Å². The van der Waals surface area contributed by atoms with Crippen molar-refractivity contribution in [2.45, 2.75) is 0 Å². The van der Waals surface area contributed by atoms with E-state index in [2.05, 4.69) is 13.6 Å². The number of hydrogen-bond donors (Lipinski definition) is 0. The van der Waals surface area contributed by atoms with Crippen LogP contribution in [0.4, 0.5) is 0 Å². The molecule has 0 saturated heterocycles. The third-order valence-corrected chi connectivity index (χ3v) is 2.01. The molecule has 0 aliphatic heterocycles. The zero-order valence-corrected chi connectivity index (χ0v) is 8.89. The molecule has 0 fully saturated rings. The van der Waals surface area contributed by atoms with Gasteiger partial charge in [-0.25, -0.2) is 4.57 Å². The molecule has 0 N–H and O–H groups in total. The normalized spacial score (nSPS) is 10.6. The molecule has 6 heteroatoms. The van der Waals surface area contributed by atoms with Crippen LogP contribution in [0.25, 0.3) is 0 Å². The first-order chi connectivity index (χ1) is 3.68. The van der Waals surface area contributed by atoms with Crippen LogP contribution in [0.15, 0.2) is 0 Å². The van der Waals surface area contributed by atoms with Crippen molar-refractivity contribution in [2.24, 2.45) is 0 Å². The summed E-state index contributed by atoms with van der Waals surface area (Å²) in [5, 5.41) is 0. The monoisotopic (exact) mass is 182 g/mol. The van der Waals surface area contributed by atoms with Gasteiger partial charge in [0.2, 0.25) is 0 Å². The molecule has 54 valence electrons. The van der Waals surface area contributed by atoms with Crippen LogP contribution >= 0.6 is 7.82 Å². The summed E-state index contributed by atoms with van der Waals surface area (Å²) in [4.78, 5) is 0. The van der Waals surface area contributed by atoms with Gasteiger partial charge < -0.3 is 2.85 Å². The van der Waals surface area contributed by atoms with Crippen LogP contribution in [-0.2, 0) is 18.1 Å². The first kappa shape index (κ1) is 13.0. The Balaban J connectivity index is -0.0000000817. The summed E-state index contributed by atoms with van der Waals surface area (Å²) in [5.41, 5.74) is 0. The predicted molar refractivity (Wildman–Crippen MR) is 36.6 cm³/mol. The Morgan fingerprint density at radius 3 is 1.33 bits per heavy atom.